The van der Waals surface area contributed by atoms with Gasteiger partial charge in [-0.1, -0.05) is 37.1 Å². The number of allylic oxidation sites excluding steroid dienone is 2. The molecule has 4 saturated carbocycles. The lowest BCUT2D eigenvalue weighted by atomic mass is 9.56. The van der Waals surface area contributed by atoms with E-state index in [1.807, 2.05) is 13.8 Å². The molecule has 1 aliphatic heterocycles. The minimum atomic E-state index is -4.96. The fourth-order valence-electron chi connectivity index (χ4n) is 7.66. The largest absolute Gasteiger partial charge is 0.481 e. The molecular formula is C31H29ClF6N2O4+2. The number of nitrogens with zero attached hydrogens (tertiary/aromatic N) is 2. The number of rotatable bonds is 6. The lowest BCUT2D eigenvalue weighted by Crippen LogP contribution is -2.60. The second-order valence-corrected chi connectivity index (χ2v) is 13.5. The van der Waals surface area contributed by atoms with Crippen LogP contribution in [0.3, 0.4) is 0 Å². The Kier molecular flexibility index (Phi) is 6.71. The molecule has 13 heteroatoms. The van der Waals surface area contributed by atoms with Gasteiger partial charge < -0.3 is 5.11 Å². The summed E-state index contributed by atoms with van der Waals surface area (Å²) in [5.41, 5.74) is -4.98. The normalized spacial score (nSPS) is 29.9. The Hall–Kier alpha value is -3.28. The summed E-state index contributed by atoms with van der Waals surface area (Å²) < 4.78 is 87.0. The lowest BCUT2D eigenvalue weighted by Gasteiger charge is -2.49. The third-order valence-corrected chi connectivity index (χ3v) is 10.9. The molecule has 6 nitrogen and oxygen atoms in total. The number of carboxylic acids is 1. The number of alkyl halides is 6. The molecule has 1 aromatic carbocycles. The Bertz CT molecular complexity index is 1640. The van der Waals surface area contributed by atoms with Gasteiger partial charge in [0.05, 0.1) is 21.6 Å². The number of benzene rings is 1. The van der Waals surface area contributed by atoms with Crippen LogP contribution >= 0.6 is 11.6 Å². The Balaban J connectivity index is 1.38. The number of carboxylic acid groups (broad SMARTS) is 1. The van der Waals surface area contributed by atoms with Crippen LogP contribution in [0.2, 0.25) is 5.02 Å². The van der Waals surface area contributed by atoms with Crippen LogP contribution in [0, 0.1) is 16.7 Å². The summed E-state index contributed by atoms with van der Waals surface area (Å²) in [5.74, 6) is -3.26. The fourth-order valence-corrected chi connectivity index (χ4v) is 7.94. The van der Waals surface area contributed by atoms with Gasteiger partial charge in [-0.25, -0.2) is 4.79 Å². The zero-order chi connectivity index (χ0) is 32.2. The van der Waals surface area contributed by atoms with Gasteiger partial charge in [-0.2, -0.15) is 35.5 Å². The maximum absolute atomic E-state index is 14.6. The standard InChI is InChI=1S/C31H28ClF6N2O4/c1-27(2)19-12-16(13-20(19)27)39(15-22(41)23-18(30(33,34)35)4-3-5-21(23)32)25(42)17-14-40(24(17)31(36,37)38)29-9-6-28(7-10-29,8-11-29)26(43)44/h3-5,12,14,20H,6-11,13,15H2,1-2H3/q+1/p+1. The smallest absolute Gasteiger partial charge is 0.478 e. The highest BCUT2D eigenvalue weighted by Crippen LogP contribution is 2.62. The first-order valence-corrected chi connectivity index (χ1v) is 14.7. The van der Waals surface area contributed by atoms with E-state index < -0.39 is 74.9 Å². The summed E-state index contributed by atoms with van der Waals surface area (Å²) in [7, 11) is 0. The first-order valence-electron chi connectivity index (χ1n) is 14.3. The molecule has 234 valence electrons. The molecule has 1 N–H and O–H groups in total. The maximum atomic E-state index is 14.6. The zero-order valence-electron chi connectivity index (χ0n) is 23.8. The highest BCUT2D eigenvalue weighted by Gasteiger charge is 2.66. The molecule has 1 aromatic rings. The number of fused-ring (bicyclic) bond motifs is 4. The Labute approximate surface area is 253 Å². The number of aliphatic carboxylic acids is 1. The number of hydrogen-bond donors (Lipinski definition) is 1. The Morgan fingerprint density at radius 2 is 1.61 bits per heavy atom. The number of hydrogen-bond acceptors (Lipinski definition) is 3. The van der Waals surface area contributed by atoms with Gasteiger partial charge >= 0.3 is 29.9 Å². The Morgan fingerprint density at radius 1 is 1.00 bits per heavy atom. The van der Waals surface area contributed by atoms with Crippen molar-refractivity contribution in [1.29, 1.82) is 0 Å². The SMILES string of the molecule is CC1(C)C2=CC(=[N+](CC(=O)c3c(Cl)cccc3C(F)(F)F)C(=O)C3=C[N+](C45CCC(C(=O)O)(CC4)CC5)=C3C(F)(F)F)CC21. The fraction of sp³-hybridized carbons (Fsp3) is 0.516. The summed E-state index contributed by atoms with van der Waals surface area (Å²) >= 11 is 6.02. The first-order chi connectivity index (χ1) is 20.3. The van der Waals surface area contributed by atoms with Gasteiger partial charge in [-0.05, 0) is 42.7 Å². The van der Waals surface area contributed by atoms with Crippen LogP contribution in [-0.4, -0.2) is 61.6 Å². The molecule has 1 atom stereocenters. The maximum Gasteiger partial charge on any atom is 0.478 e. The minimum Gasteiger partial charge on any atom is -0.481 e. The summed E-state index contributed by atoms with van der Waals surface area (Å²) in [6, 6.07) is 2.82. The molecule has 7 rings (SSSR count). The quantitative estimate of drug-likeness (QED) is 0.216. The van der Waals surface area contributed by atoms with Gasteiger partial charge in [-0.3, -0.25) is 9.59 Å². The second-order valence-electron chi connectivity index (χ2n) is 13.1. The summed E-state index contributed by atoms with van der Waals surface area (Å²) in [4.78, 5) is 39.2. The van der Waals surface area contributed by atoms with Gasteiger partial charge in [0.2, 0.25) is 17.9 Å². The van der Waals surface area contributed by atoms with Crippen LogP contribution in [0.15, 0.2) is 41.6 Å². The number of carbonyl (C=O) groups is 3. The summed E-state index contributed by atoms with van der Waals surface area (Å²) in [6.07, 6.45) is -5.67. The van der Waals surface area contributed by atoms with E-state index in [0.29, 0.717) is 6.07 Å². The Morgan fingerprint density at radius 3 is 2.11 bits per heavy atom. The van der Waals surface area contributed by atoms with Crippen LogP contribution in [0.4, 0.5) is 26.3 Å². The van der Waals surface area contributed by atoms with Crippen molar-refractivity contribution in [1.82, 2.24) is 0 Å². The summed E-state index contributed by atoms with van der Waals surface area (Å²) in [6.45, 7) is 2.99. The van der Waals surface area contributed by atoms with E-state index in [1.54, 1.807) is 6.08 Å². The van der Waals surface area contributed by atoms with Gasteiger partial charge in [0.1, 0.15) is 0 Å². The van der Waals surface area contributed by atoms with E-state index in [9.17, 15) is 45.8 Å². The molecule has 0 saturated heterocycles. The molecular weight excluding hydrogens is 614 g/mol. The zero-order valence-corrected chi connectivity index (χ0v) is 24.6. The molecule has 1 amide bonds. The average Bonchev–Trinajstić information content (AvgIpc) is 3.22. The molecule has 44 heavy (non-hydrogen) atoms. The molecule has 5 aliphatic carbocycles. The van der Waals surface area contributed by atoms with Crippen molar-refractivity contribution < 1.29 is 55.0 Å². The first kappa shape index (κ1) is 30.7. The average molecular weight is 643 g/mol. The van der Waals surface area contributed by atoms with Crippen molar-refractivity contribution >= 4 is 40.7 Å². The van der Waals surface area contributed by atoms with Crippen LogP contribution in [0.1, 0.15) is 74.7 Å². The highest BCUT2D eigenvalue weighted by atomic mass is 35.5. The van der Waals surface area contributed by atoms with E-state index in [2.05, 4.69) is 0 Å². The van der Waals surface area contributed by atoms with Gasteiger partial charge in [-0.15, -0.1) is 0 Å². The molecule has 0 spiro atoms. The second kappa shape index (κ2) is 9.61. The molecule has 0 aromatic heterocycles. The molecule has 6 aliphatic rings. The van der Waals surface area contributed by atoms with Gasteiger partial charge in [0.25, 0.3) is 0 Å². The molecule has 4 fully saturated rings. The topological polar surface area (TPSA) is 77.5 Å². The highest BCUT2D eigenvalue weighted by molar-refractivity contribution is 6.34. The van der Waals surface area contributed by atoms with Crippen molar-refractivity contribution in [2.24, 2.45) is 16.7 Å². The summed E-state index contributed by atoms with van der Waals surface area (Å²) in [5, 5.41) is 9.20. The van der Waals surface area contributed by atoms with E-state index >= 15 is 0 Å². The van der Waals surface area contributed by atoms with Crippen LogP contribution in [-0.2, 0) is 15.8 Å². The predicted octanol–water partition coefficient (Wildman–Crippen LogP) is 6.60. The van der Waals surface area contributed by atoms with E-state index in [-0.39, 0.29) is 62.0 Å². The number of halogens is 7. The van der Waals surface area contributed by atoms with Crippen molar-refractivity contribution in [3.63, 3.8) is 0 Å². The molecule has 1 unspecified atom stereocenters. The van der Waals surface area contributed by atoms with Crippen molar-refractivity contribution in [2.45, 2.75) is 76.7 Å². The third kappa shape index (κ3) is 4.58. The number of ketones is 1. The van der Waals surface area contributed by atoms with Crippen LogP contribution in [0.5, 0.6) is 0 Å². The van der Waals surface area contributed by atoms with Crippen LogP contribution < -0.4 is 0 Å². The number of carbonyl (C=O) groups excluding carboxylic acids is 2. The monoisotopic (exact) mass is 642 g/mol. The van der Waals surface area contributed by atoms with Gasteiger partial charge in [0, 0.05) is 31.8 Å². The van der Waals surface area contributed by atoms with Gasteiger partial charge in [0.15, 0.2) is 17.5 Å². The lowest BCUT2D eigenvalue weighted by molar-refractivity contribution is -0.579. The molecule has 1 heterocycles. The number of amides is 1. The third-order valence-electron chi connectivity index (χ3n) is 10.6. The van der Waals surface area contributed by atoms with E-state index in [0.717, 1.165) is 33.1 Å². The van der Waals surface area contributed by atoms with Crippen molar-refractivity contribution in [3.8, 4) is 0 Å². The van der Waals surface area contributed by atoms with Crippen LogP contribution in [0.25, 0.3) is 0 Å². The minimum absolute atomic E-state index is 0.00440. The predicted molar refractivity (Wildman–Crippen MR) is 146 cm³/mol. The molecule has 2 bridgehead atoms. The number of Topliss-reactive ketones (excluding diaryl/α,β-unsaturated/α-hetero) is 1. The van der Waals surface area contributed by atoms with E-state index in [1.165, 1.54) is 0 Å². The van der Waals surface area contributed by atoms with E-state index in [4.69, 9.17) is 11.6 Å². The van der Waals surface area contributed by atoms with Crippen molar-refractivity contribution in [3.05, 3.63) is 57.8 Å². The van der Waals surface area contributed by atoms with Crippen molar-refractivity contribution in [2.75, 3.05) is 6.54 Å². The molecule has 0 radical (unpaired) electrons.